The number of amides is 2. The van der Waals surface area contributed by atoms with Gasteiger partial charge in [0.1, 0.15) is 6.04 Å². The number of carbonyl (C=O) groups is 2. The van der Waals surface area contributed by atoms with Crippen molar-refractivity contribution in [3.05, 3.63) is 80.2 Å². The minimum atomic E-state index is -0.420. The summed E-state index contributed by atoms with van der Waals surface area (Å²) in [5.74, 6) is 0.0627. The van der Waals surface area contributed by atoms with Crippen molar-refractivity contribution in [2.45, 2.75) is 38.5 Å². The Balaban J connectivity index is 1.41. The van der Waals surface area contributed by atoms with Gasteiger partial charge in [0.05, 0.1) is 4.88 Å². The molecule has 0 aliphatic carbocycles. The molecule has 3 aromatic rings. The fourth-order valence-corrected chi connectivity index (χ4v) is 6.43. The maximum Gasteiger partial charge on any atom is 0.264 e. The SMILES string of the molecule is Cc1ccc(CN(Cc2cccs2)C2CC(C(=O)N3CCNCC3)N(C(=O)c3cccs3)C2)cc1. The normalized spacial score (nSPS) is 20.5. The molecule has 0 radical (unpaired) electrons. The summed E-state index contributed by atoms with van der Waals surface area (Å²) in [6, 6.07) is 16.4. The van der Waals surface area contributed by atoms with Crippen LogP contribution in [0.2, 0.25) is 0 Å². The van der Waals surface area contributed by atoms with Gasteiger partial charge in [0.15, 0.2) is 0 Å². The van der Waals surface area contributed by atoms with E-state index in [0.717, 1.165) is 26.2 Å². The lowest BCUT2D eigenvalue weighted by Crippen LogP contribution is -2.53. The van der Waals surface area contributed by atoms with Crippen LogP contribution >= 0.6 is 22.7 Å². The average Bonchev–Trinajstić information content (AvgIpc) is 3.67. The summed E-state index contributed by atoms with van der Waals surface area (Å²) in [6.07, 6.45) is 0.664. The summed E-state index contributed by atoms with van der Waals surface area (Å²) in [5, 5.41) is 7.35. The summed E-state index contributed by atoms with van der Waals surface area (Å²) in [7, 11) is 0. The van der Waals surface area contributed by atoms with Gasteiger partial charge < -0.3 is 15.1 Å². The van der Waals surface area contributed by atoms with Crippen molar-refractivity contribution >= 4 is 34.5 Å². The van der Waals surface area contributed by atoms with E-state index in [4.69, 9.17) is 0 Å². The lowest BCUT2D eigenvalue weighted by Gasteiger charge is -2.32. The molecule has 4 heterocycles. The van der Waals surface area contributed by atoms with Crippen LogP contribution in [0.3, 0.4) is 0 Å². The Morgan fingerprint density at radius 1 is 1.00 bits per heavy atom. The maximum atomic E-state index is 13.7. The molecule has 2 aliphatic heterocycles. The molecule has 0 saturated carbocycles. The number of nitrogens with one attached hydrogen (secondary N) is 1. The number of hydrogen-bond donors (Lipinski definition) is 1. The molecule has 0 bridgehead atoms. The molecule has 2 atom stereocenters. The smallest absolute Gasteiger partial charge is 0.264 e. The van der Waals surface area contributed by atoms with E-state index in [1.807, 2.05) is 27.3 Å². The summed E-state index contributed by atoms with van der Waals surface area (Å²) in [6.45, 7) is 7.27. The Bertz CT molecular complexity index is 1110. The van der Waals surface area contributed by atoms with Gasteiger partial charge in [-0.1, -0.05) is 42.0 Å². The molecular weight excluding hydrogens is 476 g/mol. The van der Waals surface area contributed by atoms with Crippen molar-refractivity contribution in [1.29, 1.82) is 0 Å². The van der Waals surface area contributed by atoms with Gasteiger partial charge in [-0.25, -0.2) is 0 Å². The Morgan fingerprint density at radius 3 is 2.43 bits per heavy atom. The molecule has 2 fully saturated rings. The fraction of sp³-hybridized carbons (Fsp3) is 0.407. The third-order valence-electron chi connectivity index (χ3n) is 6.95. The second kappa shape index (κ2) is 11.0. The number of carbonyl (C=O) groups excluding carboxylic acids is 2. The average molecular weight is 509 g/mol. The van der Waals surface area contributed by atoms with Crippen molar-refractivity contribution in [2.24, 2.45) is 0 Å². The first-order valence-electron chi connectivity index (χ1n) is 12.2. The van der Waals surface area contributed by atoms with Gasteiger partial charge in [-0.15, -0.1) is 22.7 Å². The minimum Gasteiger partial charge on any atom is -0.338 e. The van der Waals surface area contributed by atoms with E-state index in [9.17, 15) is 9.59 Å². The third-order valence-corrected chi connectivity index (χ3v) is 8.67. The summed E-state index contributed by atoms with van der Waals surface area (Å²) >= 11 is 3.20. The highest BCUT2D eigenvalue weighted by Crippen LogP contribution is 2.30. The van der Waals surface area contributed by atoms with Crippen molar-refractivity contribution in [2.75, 3.05) is 32.7 Å². The molecule has 2 aliphatic rings. The number of likely N-dealkylation sites (tertiary alicyclic amines) is 1. The molecule has 8 heteroatoms. The van der Waals surface area contributed by atoms with Crippen LogP contribution in [-0.4, -0.2) is 71.3 Å². The molecule has 2 saturated heterocycles. The molecule has 184 valence electrons. The Kier molecular flexibility index (Phi) is 7.63. The summed E-state index contributed by atoms with van der Waals surface area (Å²) < 4.78 is 0. The van der Waals surface area contributed by atoms with E-state index < -0.39 is 6.04 Å². The van der Waals surface area contributed by atoms with Crippen LogP contribution < -0.4 is 5.32 Å². The Hall–Kier alpha value is -2.52. The Morgan fingerprint density at radius 2 is 1.74 bits per heavy atom. The van der Waals surface area contributed by atoms with Gasteiger partial charge in [-0.2, -0.15) is 0 Å². The topological polar surface area (TPSA) is 55.9 Å². The molecule has 6 nitrogen and oxygen atoms in total. The maximum absolute atomic E-state index is 13.7. The molecule has 1 N–H and O–H groups in total. The van der Waals surface area contributed by atoms with Gasteiger partial charge in [-0.3, -0.25) is 14.5 Å². The van der Waals surface area contributed by atoms with E-state index in [2.05, 4.69) is 58.9 Å². The molecule has 1 aromatic carbocycles. The number of nitrogens with zero attached hydrogens (tertiary/aromatic N) is 3. The molecule has 2 aromatic heterocycles. The Labute approximate surface area is 215 Å². The zero-order chi connectivity index (χ0) is 24.2. The molecule has 2 unspecified atom stereocenters. The first-order valence-corrected chi connectivity index (χ1v) is 14.0. The van der Waals surface area contributed by atoms with Crippen LogP contribution in [0.15, 0.2) is 59.3 Å². The van der Waals surface area contributed by atoms with Gasteiger partial charge in [0, 0.05) is 56.7 Å². The van der Waals surface area contributed by atoms with Crippen molar-refractivity contribution in [1.82, 2.24) is 20.0 Å². The second-order valence-corrected chi connectivity index (χ2v) is 11.4. The van der Waals surface area contributed by atoms with E-state index in [0.29, 0.717) is 30.9 Å². The van der Waals surface area contributed by atoms with Crippen LogP contribution in [0.25, 0.3) is 0 Å². The molecule has 5 rings (SSSR count). The zero-order valence-corrected chi connectivity index (χ0v) is 21.7. The number of aryl methyl sites for hydroxylation is 1. The predicted molar refractivity (Wildman–Crippen MR) is 142 cm³/mol. The lowest BCUT2D eigenvalue weighted by molar-refractivity contribution is -0.135. The monoisotopic (exact) mass is 508 g/mol. The quantitative estimate of drug-likeness (QED) is 0.527. The molecule has 35 heavy (non-hydrogen) atoms. The lowest BCUT2D eigenvalue weighted by atomic mass is 10.1. The van der Waals surface area contributed by atoms with Crippen molar-refractivity contribution in [3.8, 4) is 0 Å². The van der Waals surface area contributed by atoms with Crippen molar-refractivity contribution in [3.63, 3.8) is 0 Å². The van der Waals surface area contributed by atoms with Gasteiger partial charge in [0.25, 0.3) is 5.91 Å². The molecule has 0 spiro atoms. The van der Waals surface area contributed by atoms with Crippen LogP contribution in [0, 0.1) is 6.92 Å². The van der Waals surface area contributed by atoms with Gasteiger partial charge in [-0.05, 0) is 41.8 Å². The van der Waals surface area contributed by atoms with E-state index in [-0.39, 0.29) is 17.9 Å². The zero-order valence-electron chi connectivity index (χ0n) is 20.1. The van der Waals surface area contributed by atoms with Crippen LogP contribution in [0.5, 0.6) is 0 Å². The number of hydrogen-bond acceptors (Lipinski definition) is 6. The standard InChI is InChI=1S/C27H32N4O2S2/c1-20-6-8-21(9-7-20)17-30(19-23-4-2-14-34-23)22-16-24(26(32)29-12-10-28-11-13-29)31(18-22)27(33)25-5-3-15-35-25/h2-9,14-15,22,24,28H,10-13,16-19H2,1H3. The van der Waals surface area contributed by atoms with E-state index >= 15 is 0 Å². The van der Waals surface area contributed by atoms with E-state index in [1.165, 1.54) is 27.3 Å². The van der Waals surface area contributed by atoms with E-state index in [1.54, 1.807) is 11.3 Å². The van der Waals surface area contributed by atoms with Gasteiger partial charge in [0.2, 0.25) is 5.91 Å². The first kappa shape index (κ1) is 24.2. The molecular formula is C27H32N4O2S2. The third kappa shape index (κ3) is 5.67. The largest absolute Gasteiger partial charge is 0.338 e. The number of thiophene rings is 2. The highest BCUT2D eigenvalue weighted by molar-refractivity contribution is 7.12. The fourth-order valence-electron chi connectivity index (χ4n) is 5.02. The summed E-state index contributed by atoms with van der Waals surface area (Å²) in [4.78, 5) is 35.4. The van der Waals surface area contributed by atoms with Crippen LogP contribution in [0.1, 0.15) is 32.1 Å². The van der Waals surface area contributed by atoms with Crippen LogP contribution in [0.4, 0.5) is 0 Å². The highest BCUT2D eigenvalue weighted by atomic mass is 32.1. The minimum absolute atomic E-state index is 0.0256. The highest BCUT2D eigenvalue weighted by Gasteiger charge is 2.43. The second-order valence-electron chi connectivity index (χ2n) is 9.39. The van der Waals surface area contributed by atoms with Crippen molar-refractivity contribution < 1.29 is 9.59 Å². The molecule has 2 amide bonds. The first-order chi connectivity index (χ1) is 17.1. The number of piperazine rings is 1. The van der Waals surface area contributed by atoms with Gasteiger partial charge >= 0.3 is 0 Å². The number of benzene rings is 1. The summed E-state index contributed by atoms with van der Waals surface area (Å²) in [5.41, 5.74) is 2.49. The predicted octanol–water partition coefficient (Wildman–Crippen LogP) is 3.84. The van der Waals surface area contributed by atoms with Crippen LogP contribution in [-0.2, 0) is 17.9 Å². The number of rotatable bonds is 7.